The summed E-state index contributed by atoms with van der Waals surface area (Å²) in [5, 5.41) is 2.21. The summed E-state index contributed by atoms with van der Waals surface area (Å²) < 4.78 is 2.20. The maximum atomic E-state index is 11.6. The average Bonchev–Trinajstić information content (AvgIpc) is 2.83. The van der Waals surface area contributed by atoms with Gasteiger partial charge >= 0.3 is 0 Å². The molecule has 2 aromatic carbocycles. The molecule has 0 unspecified atom stereocenters. The van der Waals surface area contributed by atoms with Crippen molar-refractivity contribution in [3.8, 4) is 0 Å². The van der Waals surface area contributed by atoms with Crippen LogP contribution in [0, 0.1) is 6.92 Å². The van der Waals surface area contributed by atoms with Crippen molar-refractivity contribution in [2.75, 3.05) is 0 Å². The second-order valence-corrected chi connectivity index (χ2v) is 5.12. The number of carbonyl (C=O) groups excluding carboxylic acids is 1. The van der Waals surface area contributed by atoms with Crippen molar-refractivity contribution in [2.45, 2.75) is 6.92 Å². The SMILES string of the molecule is Cc1cc2ccccc2n2c1c(C=O)c1ccccc12. The molecule has 0 aliphatic heterocycles. The van der Waals surface area contributed by atoms with Crippen molar-refractivity contribution in [3.63, 3.8) is 0 Å². The maximum absolute atomic E-state index is 11.6. The summed E-state index contributed by atoms with van der Waals surface area (Å²) in [5.41, 5.74) is 5.15. The standard InChI is InChI=1S/C18H13NO/c1-12-10-13-6-2-4-8-16(13)19-17-9-5-3-7-14(17)15(11-20)18(12)19/h2-11H,1H3. The fraction of sp³-hybridized carbons (Fsp3) is 0.0556. The topological polar surface area (TPSA) is 21.5 Å². The zero-order chi connectivity index (χ0) is 13.7. The monoisotopic (exact) mass is 259 g/mol. The van der Waals surface area contributed by atoms with E-state index >= 15 is 0 Å². The minimum Gasteiger partial charge on any atom is -0.308 e. The molecule has 2 heteroatoms. The molecular weight excluding hydrogens is 246 g/mol. The number of pyridine rings is 1. The lowest BCUT2D eigenvalue weighted by atomic mass is 10.1. The van der Waals surface area contributed by atoms with E-state index < -0.39 is 0 Å². The minimum atomic E-state index is 0.781. The molecule has 0 amide bonds. The number of hydrogen-bond donors (Lipinski definition) is 0. The van der Waals surface area contributed by atoms with Gasteiger partial charge < -0.3 is 4.40 Å². The fourth-order valence-electron chi connectivity index (χ4n) is 3.14. The van der Waals surface area contributed by atoms with Gasteiger partial charge in [0, 0.05) is 10.9 Å². The summed E-state index contributed by atoms with van der Waals surface area (Å²) in [6.45, 7) is 2.06. The van der Waals surface area contributed by atoms with E-state index in [1.54, 1.807) is 0 Å². The number of hydrogen-bond acceptors (Lipinski definition) is 1. The Kier molecular flexibility index (Phi) is 2.21. The number of carbonyl (C=O) groups is 1. The summed E-state index contributed by atoms with van der Waals surface area (Å²) in [7, 11) is 0. The Bertz CT molecular complexity index is 979. The highest BCUT2D eigenvalue weighted by atomic mass is 16.1. The van der Waals surface area contributed by atoms with Crippen molar-refractivity contribution in [3.05, 3.63) is 65.7 Å². The predicted octanol–water partition coefficient (Wildman–Crippen LogP) is 4.37. The molecule has 0 fully saturated rings. The van der Waals surface area contributed by atoms with Crippen LogP contribution in [0.15, 0.2) is 54.6 Å². The predicted molar refractivity (Wildman–Crippen MR) is 82.5 cm³/mol. The lowest BCUT2D eigenvalue weighted by Gasteiger charge is -2.07. The Morgan fingerprint density at radius 2 is 1.65 bits per heavy atom. The number of benzene rings is 2. The third-order valence-corrected chi connectivity index (χ3v) is 3.95. The van der Waals surface area contributed by atoms with Crippen molar-refractivity contribution >= 4 is 33.6 Å². The number of para-hydroxylation sites is 2. The van der Waals surface area contributed by atoms with Gasteiger partial charge in [-0.3, -0.25) is 4.79 Å². The van der Waals surface area contributed by atoms with E-state index in [0.717, 1.165) is 39.3 Å². The van der Waals surface area contributed by atoms with Gasteiger partial charge in [-0.25, -0.2) is 0 Å². The smallest absolute Gasteiger partial charge is 0.152 e. The van der Waals surface area contributed by atoms with Crippen LogP contribution in [0.4, 0.5) is 0 Å². The number of fused-ring (bicyclic) bond motifs is 5. The van der Waals surface area contributed by atoms with Crippen molar-refractivity contribution in [2.24, 2.45) is 0 Å². The molecule has 0 N–H and O–H groups in total. The second kappa shape index (κ2) is 3.94. The number of aryl methyl sites for hydroxylation is 1. The Balaban J connectivity index is 2.44. The first-order chi connectivity index (χ1) is 9.81. The highest BCUT2D eigenvalue weighted by Gasteiger charge is 2.14. The lowest BCUT2D eigenvalue weighted by molar-refractivity contribution is 0.112. The number of nitrogens with zero attached hydrogens (tertiary/aromatic N) is 1. The van der Waals surface area contributed by atoms with E-state index in [4.69, 9.17) is 0 Å². The third-order valence-electron chi connectivity index (χ3n) is 3.95. The van der Waals surface area contributed by atoms with Crippen molar-refractivity contribution < 1.29 is 4.79 Å². The summed E-state index contributed by atoms with van der Waals surface area (Å²) in [6.07, 6.45) is 0.972. The third kappa shape index (κ3) is 1.31. The Morgan fingerprint density at radius 3 is 2.45 bits per heavy atom. The zero-order valence-electron chi connectivity index (χ0n) is 11.1. The summed E-state index contributed by atoms with van der Waals surface area (Å²) in [6, 6.07) is 18.5. The molecule has 0 saturated carbocycles. The number of aldehydes is 1. The molecule has 0 atom stereocenters. The lowest BCUT2D eigenvalue weighted by Crippen LogP contribution is -1.92. The van der Waals surface area contributed by atoms with E-state index in [1.165, 1.54) is 5.39 Å². The number of aromatic nitrogens is 1. The number of rotatable bonds is 1. The fourth-order valence-corrected chi connectivity index (χ4v) is 3.14. The largest absolute Gasteiger partial charge is 0.308 e. The second-order valence-electron chi connectivity index (χ2n) is 5.12. The van der Waals surface area contributed by atoms with Crippen LogP contribution in [0.3, 0.4) is 0 Å². The molecule has 0 spiro atoms. The Hall–Kier alpha value is -2.61. The van der Waals surface area contributed by atoms with Crippen LogP contribution < -0.4 is 0 Å². The van der Waals surface area contributed by atoms with Gasteiger partial charge in [0.05, 0.1) is 16.6 Å². The van der Waals surface area contributed by atoms with Gasteiger partial charge in [-0.1, -0.05) is 36.4 Å². The van der Waals surface area contributed by atoms with Crippen LogP contribution in [0.2, 0.25) is 0 Å². The summed E-state index contributed by atoms with van der Waals surface area (Å²) >= 11 is 0. The Labute approximate surface area is 116 Å². The minimum absolute atomic E-state index is 0.781. The molecular formula is C18H13NO. The van der Waals surface area contributed by atoms with Crippen molar-refractivity contribution in [1.82, 2.24) is 4.40 Å². The summed E-state index contributed by atoms with van der Waals surface area (Å²) in [4.78, 5) is 11.6. The van der Waals surface area contributed by atoms with Gasteiger partial charge in [0.25, 0.3) is 0 Å². The Morgan fingerprint density at radius 1 is 0.950 bits per heavy atom. The van der Waals surface area contributed by atoms with Gasteiger partial charge in [-0.2, -0.15) is 0 Å². The molecule has 0 bridgehead atoms. The molecule has 0 radical (unpaired) electrons. The quantitative estimate of drug-likeness (QED) is 0.465. The average molecular weight is 259 g/mol. The van der Waals surface area contributed by atoms with Gasteiger partial charge in [0.1, 0.15) is 0 Å². The summed E-state index contributed by atoms with van der Waals surface area (Å²) in [5.74, 6) is 0. The van der Waals surface area contributed by atoms with Crippen molar-refractivity contribution in [1.29, 1.82) is 0 Å². The first kappa shape index (κ1) is 11.2. The maximum Gasteiger partial charge on any atom is 0.152 e. The van der Waals surface area contributed by atoms with E-state index in [9.17, 15) is 4.79 Å². The van der Waals surface area contributed by atoms with Gasteiger partial charge in [-0.05, 0) is 36.1 Å². The van der Waals surface area contributed by atoms with Gasteiger partial charge in [0.15, 0.2) is 6.29 Å². The van der Waals surface area contributed by atoms with Crippen LogP contribution >= 0.6 is 0 Å². The van der Waals surface area contributed by atoms with Gasteiger partial charge in [-0.15, -0.1) is 0 Å². The van der Waals surface area contributed by atoms with E-state index in [-0.39, 0.29) is 0 Å². The molecule has 4 rings (SSSR count). The molecule has 2 nitrogen and oxygen atoms in total. The molecule has 20 heavy (non-hydrogen) atoms. The molecule has 2 aromatic heterocycles. The molecule has 96 valence electrons. The van der Waals surface area contributed by atoms with Crippen LogP contribution in [-0.4, -0.2) is 10.7 Å². The van der Waals surface area contributed by atoms with E-state index in [2.05, 4.69) is 35.6 Å². The molecule has 0 aliphatic carbocycles. The first-order valence-corrected chi connectivity index (χ1v) is 6.68. The normalized spacial score (nSPS) is 11.4. The highest BCUT2D eigenvalue weighted by molar-refractivity contribution is 6.09. The zero-order valence-corrected chi connectivity index (χ0v) is 11.1. The van der Waals surface area contributed by atoms with Crippen LogP contribution in [-0.2, 0) is 0 Å². The molecule has 4 aromatic rings. The molecule has 0 aliphatic rings. The highest BCUT2D eigenvalue weighted by Crippen LogP contribution is 2.31. The van der Waals surface area contributed by atoms with Crippen LogP contribution in [0.25, 0.3) is 27.3 Å². The first-order valence-electron chi connectivity index (χ1n) is 6.68. The van der Waals surface area contributed by atoms with Gasteiger partial charge in [0.2, 0.25) is 0 Å². The molecule has 0 saturated heterocycles. The van der Waals surface area contributed by atoms with Crippen LogP contribution in [0.1, 0.15) is 15.9 Å². The van der Waals surface area contributed by atoms with E-state index in [0.29, 0.717) is 0 Å². The molecule has 2 heterocycles. The van der Waals surface area contributed by atoms with Crippen LogP contribution in [0.5, 0.6) is 0 Å². The van der Waals surface area contributed by atoms with E-state index in [1.807, 2.05) is 30.3 Å².